The maximum Gasteiger partial charge on any atom is 1.00 e. The fourth-order valence-electron chi connectivity index (χ4n) is 4.39. The van der Waals surface area contributed by atoms with E-state index in [9.17, 15) is 0 Å². The third kappa shape index (κ3) is 31.3. The molecule has 0 bridgehead atoms. The molecule has 0 radical (unpaired) electrons. The zero-order chi connectivity index (χ0) is 20.4. The van der Waals surface area contributed by atoms with Crippen molar-refractivity contribution in [2.45, 2.75) is 181 Å². The van der Waals surface area contributed by atoms with Gasteiger partial charge in [0.1, 0.15) is 0 Å². The predicted octanol–water partition coefficient (Wildman–Crippen LogP) is 8.29. The van der Waals surface area contributed by atoms with Crippen molar-refractivity contribution in [2.24, 2.45) is 0 Å². The first-order valence-electron chi connectivity index (χ1n) is 13.9. The van der Waals surface area contributed by atoms with E-state index in [1.807, 2.05) is 0 Å². The molecule has 0 rings (SSSR count). The van der Waals surface area contributed by atoms with Gasteiger partial charge in [0.2, 0.25) is 0 Å². The Morgan fingerprint density at radius 3 is 0.448 bits per heavy atom. The first kappa shape index (κ1) is 32.2. The van der Waals surface area contributed by atoms with Crippen LogP contribution in [0.2, 0.25) is 0 Å². The third-order valence-electron chi connectivity index (χ3n) is 6.46. The summed E-state index contributed by atoms with van der Waals surface area (Å²) < 4.78 is 0. The second-order valence-electron chi connectivity index (χ2n) is 9.49. The Morgan fingerprint density at radius 2 is 0.345 bits per heavy atom. The van der Waals surface area contributed by atoms with Gasteiger partial charge in [0.05, 0.1) is 0 Å². The van der Waals surface area contributed by atoms with Gasteiger partial charge in [0.15, 0.2) is 0 Å². The van der Waals surface area contributed by atoms with Crippen molar-refractivity contribution in [2.75, 3.05) is 0 Å². The van der Waals surface area contributed by atoms with Crippen LogP contribution in [-0.2, 0) is 0 Å². The number of rotatable bonds is 25. The summed E-state index contributed by atoms with van der Waals surface area (Å²) in [6, 6.07) is 0. The first-order chi connectivity index (χ1) is 13.9. The minimum Gasteiger partial charge on any atom is -1.00 e. The van der Waals surface area contributed by atoms with E-state index < -0.39 is 0 Å². The van der Waals surface area contributed by atoms with E-state index in [2.05, 4.69) is 13.8 Å². The molecule has 172 valence electrons. The van der Waals surface area contributed by atoms with Crippen LogP contribution < -0.4 is 29.6 Å². The molecule has 1 heteroatoms. The monoisotopic (exact) mass is 418 g/mol. The van der Waals surface area contributed by atoms with Crippen molar-refractivity contribution < 1.29 is 31.0 Å². The van der Waals surface area contributed by atoms with Gasteiger partial charge in [-0.15, -0.1) is 0 Å². The topological polar surface area (TPSA) is 0 Å². The van der Waals surface area contributed by atoms with Crippen LogP contribution in [0.5, 0.6) is 0 Å². The summed E-state index contributed by atoms with van der Waals surface area (Å²) in [6.45, 7) is 4.61. The van der Waals surface area contributed by atoms with Crippen molar-refractivity contribution in [3.63, 3.8) is 0 Å². The van der Waals surface area contributed by atoms with Crippen LogP contribution in [0.25, 0.3) is 0 Å². The molecular weight excluding hydrogens is 359 g/mol. The molecule has 0 aliphatic rings. The summed E-state index contributed by atoms with van der Waals surface area (Å²) in [5, 5.41) is 0. The maximum atomic E-state index is 2.30. The largest absolute Gasteiger partial charge is 1.00 e. The van der Waals surface area contributed by atoms with E-state index in [-0.39, 0.29) is 31.0 Å². The molecule has 0 unspecified atom stereocenters. The summed E-state index contributed by atoms with van der Waals surface area (Å²) >= 11 is 0. The summed E-state index contributed by atoms with van der Waals surface area (Å²) in [4.78, 5) is 0. The minimum absolute atomic E-state index is 0. The summed E-state index contributed by atoms with van der Waals surface area (Å²) in [5.41, 5.74) is 0. The number of hydrogen-bond acceptors (Lipinski definition) is 0. The van der Waals surface area contributed by atoms with E-state index in [1.54, 1.807) is 0 Å². The van der Waals surface area contributed by atoms with Crippen molar-refractivity contribution in [3.8, 4) is 0 Å². The van der Waals surface area contributed by atoms with Crippen LogP contribution >= 0.6 is 0 Å². The minimum atomic E-state index is 0. The van der Waals surface area contributed by atoms with Crippen LogP contribution in [0.1, 0.15) is 182 Å². The molecule has 0 N–H and O–H groups in total. The molecule has 0 spiro atoms. The van der Waals surface area contributed by atoms with Crippen LogP contribution in [0.15, 0.2) is 0 Å². The van der Waals surface area contributed by atoms with Gasteiger partial charge in [-0.2, -0.15) is 0 Å². The van der Waals surface area contributed by atoms with Crippen molar-refractivity contribution >= 4 is 0 Å². The molecule has 0 nitrogen and oxygen atoms in total. The van der Waals surface area contributed by atoms with Gasteiger partial charge in [-0.25, -0.2) is 0 Å². The van der Waals surface area contributed by atoms with Gasteiger partial charge in [-0.05, 0) is 0 Å². The van der Waals surface area contributed by atoms with Crippen LogP contribution in [-0.4, -0.2) is 0 Å². The molecule has 0 atom stereocenters. The van der Waals surface area contributed by atoms with E-state index in [1.165, 1.54) is 167 Å². The molecule has 0 aromatic heterocycles. The molecule has 0 saturated heterocycles. The van der Waals surface area contributed by atoms with Crippen molar-refractivity contribution in [3.05, 3.63) is 0 Å². The Bertz CT molecular complexity index is 231. The van der Waals surface area contributed by atoms with Gasteiger partial charge in [0.25, 0.3) is 0 Å². The van der Waals surface area contributed by atoms with Crippen molar-refractivity contribution in [1.82, 2.24) is 0 Å². The molecule has 0 amide bonds. The van der Waals surface area contributed by atoms with E-state index >= 15 is 0 Å². The van der Waals surface area contributed by atoms with Crippen LogP contribution in [0.3, 0.4) is 0 Å². The van der Waals surface area contributed by atoms with Crippen LogP contribution in [0.4, 0.5) is 0 Å². The molecule has 0 aliphatic carbocycles. The van der Waals surface area contributed by atoms with Gasteiger partial charge < -0.3 is 1.43 Å². The van der Waals surface area contributed by atoms with Gasteiger partial charge in [-0.1, -0.05) is 181 Å². The number of unbranched alkanes of at least 4 members (excludes halogenated alkanes) is 25. The molecule has 29 heavy (non-hydrogen) atoms. The van der Waals surface area contributed by atoms with Crippen LogP contribution in [0, 0.1) is 0 Å². The third-order valence-corrected chi connectivity index (χ3v) is 6.46. The molecule has 0 aliphatic heterocycles. The smallest absolute Gasteiger partial charge is 1.00 e. The molecule has 0 heterocycles. The second-order valence-corrected chi connectivity index (χ2v) is 9.49. The van der Waals surface area contributed by atoms with Gasteiger partial charge in [0, 0.05) is 0 Å². The summed E-state index contributed by atoms with van der Waals surface area (Å²) in [7, 11) is 0. The number of hydrogen-bond donors (Lipinski definition) is 0. The second kappa shape index (κ2) is 31.2. The van der Waals surface area contributed by atoms with Gasteiger partial charge in [-0.3, -0.25) is 0 Å². The first-order valence-corrected chi connectivity index (χ1v) is 13.9. The Hall–Kier alpha value is 1.00. The van der Waals surface area contributed by atoms with Gasteiger partial charge >= 0.3 is 29.6 Å². The van der Waals surface area contributed by atoms with E-state index in [0.29, 0.717) is 0 Å². The van der Waals surface area contributed by atoms with E-state index in [4.69, 9.17) is 0 Å². The molecular formula is C28H59Na. The normalized spacial score (nSPS) is 11.0. The fourth-order valence-corrected chi connectivity index (χ4v) is 4.39. The molecule has 0 aromatic carbocycles. The molecule has 0 saturated carbocycles. The maximum absolute atomic E-state index is 2.30. The zero-order valence-corrected chi connectivity index (χ0v) is 23.4. The Labute approximate surface area is 210 Å². The van der Waals surface area contributed by atoms with E-state index in [0.717, 1.165) is 0 Å². The average molecular weight is 419 g/mol. The van der Waals surface area contributed by atoms with Crippen molar-refractivity contribution in [1.29, 1.82) is 0 Å². The quantitative estimate of drug-likeness (QED) is 0.103. The summed E-state index contributed by atoms with van der Waals surface area (Å²) in [6.07, 6.45) is 38.4. The Kier molecular flexibility index (Phi) is 34.6. The average Bonchev–Trinajstić information content (AvgIpc) is 2.71. The molecule has 0 aromatic rings. The standard InChI is InChI=1S/C28H58.Na.H/c1-3-5-7-9-11-13-15-17-19-21-23-25-27-28-26-24-22-20-18-16-14-12-10-8-6-4-2;;/h3-28H2,1-2H3;;/q;+1;-1. The Balaban J connectivity index is -0.00000364. The summed E-state index contributed by atoms with van der Waals surface area (Å²) in [5.74, 6) is 0. The zero-order valence-electron chi connectivity index (χ0n) is 22.4. The SMILES string of the molecule is CCCCCCCCCCCCCCCCCCCCCCCCCCCC.[H-].[Na+]. The molecule has 0 fully saturated rings. The fraction of sp³-hybridized carbons (Fsp3) is 1.00. The Morgan fingerprint density at radius 1 is 0.241 bits per heavy atom. The predicted molar refractivity (Wildman–Crippen MR) is 133 cm³/mol.